The molecule has 0 saturated carbocycles. The van der Waals surface area contributed by atoms with Gasteiger partial charge in [0.1, 0.15) is 30.0 Å². The highest BCUT2D eigenvalue weighted by Crippen LogP contribution is 2.27. The van der Waals surface area contributed by atoms with Crippen LogP contribution in [0.5, 0.6) is 5.75 Å². The number of nitrogens with one attached hydrogen (secondary N) is 2. The first-order chi connectivity index (χ1) is 17.9. The predicted octanol–water partition coefficient (Wildman–Crippen LogP) is 2.11. The van der Waals surface area contributed by atoms with Gasteiger partial charge in [-0.25, -0.2) is 9.97 Å². The van der Waals surface area contributed by atoms with E-state index in [1.807, 2.05) is 38.2 Å². The van der Waals surface area contributed by atoms with Crippen LogP contribution in [-0.4, -0.2) is 98.2 Å². The zero-order valence-electron chi connectivity index (χ0n) is 22.0. The third-order valence-corrected chi connectivity index (χ3v) is 6.81. The summed E-state index contributed by atoms with van der Waals surface area (Å²) >= 11 is 0. The molecule has 2 atom stereocenters. The van der Waals surface area contributed by atoms with Crippen molar-refractivity contribution in [2.45, 2.75) is 38.3 Å². The first-order valence-corrected chi connectivity index (χ1v) is 13.1. The highest BCUT2D eigenvalue weighted by Gasteiger charge is 2.26. The molecule has 1 amide bonds. The molecule has 10 nitrogen and oxygen atoms in total. The van der Waals surface area contributed by atoms with Crippen molar-refractivity contribution < 1.29 is 24.1 Å². The van der Waals surface area contributed by atoms with Gasteiger partial charge in [-0.1, -0.05) is 12.1 Å². The molecule has 202 valence electrons. The van der Waals surface area contributed by atoms with E-state index in [-0.39, 0.29) is 18.6 Å². The summed E-state index contributed by atoms with van der Waals surface area (Å²) in [6.07, 6.45) is 2.17. The molecule has 0 bridgehead atoms. The third-order valence-electron chi connectivity index (χ3n) is 6.81. The molecule has 2 aliphatic heterocycles. The number of rotatable bonds is 11. The number of aliphatic hydroxyl groups is 1. The first-order valence-electron chi connectivity index (χ1n) is 13.1. The number of nitrogens with zero attached hydrogens (tertiary/aromatic N) is 3. The van der Waals surface area contributed by atoms with Crippen molar-refractivity contribution in [2.75, 3.05) is 65.5 Å². The van der Waals surface area contributed by atoms with Crippen LogP contribution in [0.4, 0.5) is 5.82 Å². The summed E-state index contributed by atoms with van der Waals surface area (Å²) in [5, 5.41) is 16.4. The Balaban J connectivity index is 1.60. The van der Waals surface area contributed by atoms with Crippen LogP contribution < -0.4 is 15.4 Å². The lowest BCUT2D eigenvalue weighted by Crippen LogP contribution is -2.35. The molecule has 2 fully saturated rings. The van der Waals surface area contributed by atoms with E-state index in [1.54, 1.807) is 11.9 Å². The second-order valence-corrected chi connectivity index (χ2v) is 9.87. The minimum atomic E-state index is -0.621. The fraction of sp³-hybridized carbons (Fsp3) is 0.593. The normalized spacial score (nSPS) is 19.0. The molecule has 0 aliphatic carbocycles. The highest BCUT2D eigenvalue weighted by atomic mass is 16.5. The third kappa shape index (κ3) is 7.38. The minimum Gasteiger partial charge on any atom is -0.491 e. The standard InChI is InChI=1S/C27H39N5O5/c1-18-24(27(34)32(3)15-19-7-10-35-11-8-19)30-26(31-25(18)29-21-9-12-36-16-21)20-5-4-6-23(13-20)37-17-22(33)14-28-2/h4-6,13,19,21-22,28,33H,7-12,14-17H2,1-3H3,(H,29,30,31)/t21-,22?/m1/s1. The fourth-order valence-electron chi connectivity index (χ4n) is 4.63. The summed E-state index contributed by atoms with van der Waals surface area (Å²) < 4.78 is 16.8. The van der Waals surface area contributed by atoms with Crippen molar-refractivity contribution in [1.82, 2.24) is 20.2 Å². The molecule has 1 unspecified atom stereocenters. The molecule has 3 heterocycles. The lowest BCUT2D eigenvalue weighted by atomic mass is 9.99. The van der Waals surface area contributed by atoms with Crippen LogP contribution in [0.15, 0.2) is 24.3 Å². The summed E-state index contributed by atoms with van der Waals surface area (Å²) in [6.45, 7) is 5.94. The van der Waals surface area contributed by atoms with Gasteiger partial charge in [-0.2, -0.15) is 0 Å². The SMILES string of the molecule is CNCC(O)COc1cccc(-c2nc(N[C@@H]3CCOC3)c(C)c(C(=O)N(C)CC3CCOCC3)n2)c1. The summed E-state index contributed by atoms with van der Waals surface area (Å²) in [7, 11) is 3.61. The van der Waals surface area contributed by atoms with Gasteiger partial charge in [0.2, 0.25) is 0 Å². The molecular formula is C27H39N5O5. The van der Waals surface area contributed by atoms with Crippen molar-refractivity contribution >= 4 is 11.7 Å². The Morgan fingerprint density at radius 2 is 2.00 bits per heavy atom. The lowest BCUT2D eigenvalue weighted by molar-refractivity contribution is 0.0495. The molecule has 1 aromatic carbocycles. The number of hydrogen-bond acceptors (Lipinski definition) is 9. The van der Waals surface area contributed by atoms with Crippen LogP contribution in [0, 0.1) is 12.8 Å². The van der Waals surface area contributed by atoms with E-state index in [2.05, 4.69) is 10.6 Å². The van der Waals surface area contributed by atoms with Crippen molar-refractivity contribution in [2.24, 2.45) is 5.92 Å². The van der Waals surface area contributed by atoms with E-state index in [1.165, 1.54) is 0 Å². The fourth-order valence-corrected chi connectivity index (χ4v) is 4.63. The van der Waals surface area contributed by atoms with Gasteiger partial charge in [-0.05, 0) is 51.3 Å². The number of carbonyl (C=O) groups is 1. The van der Waals surface area contributed by atoms with E-state index in [0.717, 1.165) is 43.6 Å². The second kappa shape index (κ2) is 13.1. The zero-order valence-corrected chi connectivity index (χ0v) is 22.0. The monoisotopic (exact) mass is 513 g/mol. The highest BCUT2D eigenvalue weighted by molar-refractivity contribution is 5.95. The molecule has 2 aromatic rings. The Kier molecular flexibility index (Phi) is 9.68. The number of benzene rings is 1. The first kappa shape index (κ1) is 27.3. The van der Waals surface area contributed by atoms with Gasteiger partial charge in [0.15, 0.2) is 5.82 Å². The Hall–Kier alpha value is -2.79. The number of likely N-dealkylation sites (N-methyl/N-ethyl adjacent to an activating group) is 1. The Labute approximate surface area is 218 Å². The average molecular weight is 514 g/mol. The number of ether oxygens (including phenoxy) is 3. The van der Waals surface area contributed by atoms with Gasteiger partial charge >= 0.3 is 0 Å². The van der Waals surface area contributed by atoms with Crippen molar-refractivity contribution in [3.8, 4) is 17.1 Å². The quantitative estimate of drug-likeness (QED) is 0.415. The lowest BCUT2D eigenvalue weighted by Gasteiger charge is -2.27. The number of anilines is 1. The molecule has 0 spiro atoms. The van der Waals surface area contributed by atoms with Gasteiger partial charge in [-0.3, -0.25) is 4.79 Å². The number of carbonyl (C=O) groups excluding carboxylic acids is 1. The largest absolute Gasteiger partial charge is 0.491 e. The topological polar surface area (TPSA) is 118 Å². The van der Waals surface area contributed by atoms with E-state index in [4.69, 9.17) is 24.2 Å². The van der Waals surface area contributed by atoms with E-state index >= 15 is 0 Å². The van der Waals surface area contributed by atoms with Gasteiger partial charge in [0.25, 0.3) is 5.91 Å². The molecule has 4 rings (SSSR count). The Bertz CT molecular complexity index is 1040. The van der Waals surface area contributed by atoms with Crippen LogP contribution in [0.1, 0.15) is 35.3 Å². The van der Waals surface area contributed by atoms with Crippen LogP contribution in [0.25, 0.3) is 11.4 Å². The van der Waals surface area contributed by atoms with E-state index in [0.29, 0.717) is 55.3 Å². The van der Waals surface area contributed by atoms with Gasteiger partial charge < -0.3 is 34.9 Å². The molecule has 10 heteroatoms. The Morgan fingerprint density at radius 1 is 1.22 bits per heavy atom. The molecule has 2 saturated heterocycles. The number of hydrogen-bond donors (Lipinski definition) is 3. The van der Waals surface area contributed by atoms with E-state index in [9.17, 15) is 9.90 Å². The van der Waals surface area contributed by atoms with Crippen molar-refractivity contribution in [1.29, 1.82) is 0 Å². The van der Waals surface area contributed by atoms with Gasteiger partial charge in [0.05, 0.1) is 12.6 Å². The molecular weight excluding hydrogens is 474 g/mol. The van der Waals surface area contributed by atoms with Crippen LogP contribution in [0.2, 0.25) is 0 Å². The smallest absolute Gasteiger partial charge is 0.272 e. The average Bonchev–Trinajstić information content (AvgIpc) is 3.42. The summed E-state index contributed by atoms with van der Waals surface area (Å²) in [5.74, 6) is 1.97. The molecule has 1 aromatic heterocycles. The Morgan fingerprint density at radius 3 is 2.73 bits per heavy atom. The van der Waals surface area contributed by atoms with Gasteiger partial charge in [-0.15, -0.1) is 0 Å². The molecule has 0 radical (unpaired) electrons. The minimum absolute atomic E-state index is 0.124. The molecule has 3 N–H and O–H groups in total. The maximum atomic E-state index is 13.6. The van der Waals surface area contributed by atoms with Crippen LogP contribution in [0.3, 0.4) is 0 Å². The summed E-state index contributed by atoms with van der Waals surface area (Å²) in [4.78, 5) is 24.9. The molecule has 2 aliphatic rings. The van der Waals surface area contributed by atoms with Crippen molar-refractivity contribution in [3.63, 3.8) is 0 Å². The number of amides is 1. The number of aliphatic hydroxyl groups excluding tert-OH is 1. The maximum absolute atomic E-state index is 13.6. The zero-order chi connectivity index (χ0) is 26.2. The van der Waals surface area contributed by atoms with Crippen LogP contribution in [-0.2, 0) is 9.47 Å². The van der Waals surface area contributed by atoms with Crippen LogP contribution >= 0.6 is 0 Å². The molecule has 37 heavy (non-hydrogen) atoms. The predicted molar refractivity (Wildman–Crippen MR) is 141 cm³/mol. The van der Waals surface area contributed by atoms with Gasteiger partial charge in [0, 0.05) is 51.1 Å². The second-order valence-electron chi connectivity index (χ2n) is 9.87. The maximum Gasteiger partial charge on any atom is 0.272 e. The van der Waals surface area contributed by atoms with E-state index < -0.39 is 6.10 Å². The summed E-state index contributed by atoms with van der Waals surface area (Å²) in [6, 6.07) is 7.54. The summed E-state index contributed by atoms with van der Waals surface area (Å²) in [5.41, 5.74) is 1.84. The van der Waals surface area contributed by atoms with Crippen molar-refractivity contribution in [3.05, 3.63) is 35.5 Å². The number of aromatic nitrogens is 2.